The number of benzene rings is 1. The number of ether oxygens (including phenoxy) is 1. The first-order valence-electron chi connectivity index (χ1n) is 6.32. The van der Waals surface area contributed by atoms with Crippen molar-refractivity contribution in [3.8, 4) is 5.75 Å². The van der Waals surface area contributed by atoms with Crippen molar-refractivity contribution in [1.82, 2.24) is 5.32 Å². The maximum Gasteiger partial charge on any atom is 0.258 e. The minimum Gasteiger partial charge on any atom is -0.481 e. The number of halogens is 1. The highest BCUT2D eigenvalue weighted by Gasteiger charge is 2.09. The average Bonchev–Trinajstić information content (AvgIpc) is 2.37. The first-order chi connectivity index (χ1) is 9.02. The van der Waals surface area contributed by atoms with Crippen molar-refractivity contribution in [2.75, 3.05) is 13.2 Å². The molecule has 19 heavy (non-hydrogen) atoms. The van der Waals surface area contributed by atoms with Crippen molar-refractivity contribution >= 4 is 5.91 Å². The second-order valence-corrected chi connectivity index (χ2v) is 4.56. The van der Waals surface area contributed by atoms with Crippen LogP contribution in [0.2, 0.25) is 0 Å². The summed E-state index contributed by atoms with van der Waals surface area (Å²) in [7, 11) is 0. The molecule has 106 valence electrons. The second kappa shape index (κ2) is 7.74. The highest BCUT2D eigenvalue weighted by molar-refractivity contribution is 5.77. The van der Waals surface area contributed by atoms with Crippen molar-refractivity contribution in [1.29, 1.82) is 0 Å². The summed E-state index contributed by atoms with van der Waals surface area (Å²) in [6, 6.07) is 4.47. The quantitative estimate of drug-likeness (QED) is 0.793. The minimum absolute atomic E-state index is 0.0365. The Labute approximate surface area is 112 Å². The van der Waals surface area contributed by atoms with Gasteiger partial charge >= 0.3 is 0 Å². The summed E-state index contributed by atoms with van der Waals surface area (Å²) in [6.07, 6.45) is 1.33. The van der Waals surface area contributed by atoms with E-state index in [2.05, 4.69) is 5.32 Å². The number of aliphatic hydroxyl groups is 1. The molecule has 0 aliphatic heterocycles. The van der Waals surface area contributed by atoms with E-state index >= 15 is 0 Å². The largest absolute Gasteiger partial charge is 0.481 e. The highest BCUT2D eigenvalue weighted by atomic mass is 19.1. The summed E-state index contributed by atoms with van der Waals surface area (Å²) in [5.74, 6) is -0.698. The van der Waals surface area contributed by atoms with Gasteiger partial charge in [0.1, 0.15) is 0 Å². The van der Waals surface area contributed by atoms with Crippen LogP contribution in [0.15, 0.2) is 18.2 Å². The molecule has 0 spiro atoms. The zero-order valence-electron chi connectivity index (χ0n) is 11.3. The number of carbonyl (C=O) groups excluding carboxylic acids is 1. The van der Waals surface area contributed by atoms with Crippen LogP contribution in [0.1, 0.15) is 25.3 Å². The van der Waals surface area contributed by atoms with Crippen LogP contribution in [-0.2, 0) is 4.79 Å². The Bertz CT molecular complexity index is 423. The van der Waals surface area contributed by atoms with Gasteiger partial charge in [-0.2, -0.15) is 0 Å². The molecule has 4 nitrogen and oxygen atoms in total. The zero-order valence-corrected chi connectivity index (χ0v) is 11.3. The van der Waals surface area contributed by atoms with E-state index < -0.39 is 5.82 Å². The molecule has 0 bridgehead atoms. The third-order valence-corrected chi connectivity index (χ3v) is 2.65. The van der Waals surface area contributed by atoms with Crippen LogP contribution in [0.4, 0.5) is 4.39 Å². The molecule has 0 aliphatic rings. The normalized spacial score (nSPS) is 12.0. The van der Waals surface area contributed by atoms with Gasteiger partial charge in [0.05, 0.1) is 0 Å². The van der Waals surface area contributed by atoms with E-state index in [4.69, 9.17) is 9.84 Å². The molecule has 0 heterocycles. The Hall–Kier alpha value is -1.62. The molecule has 0 aliphatic carbocycles. The van der Waals surface area contributed by atoms with Crippen LogP contribution in [0.3, 0.4) is 0 Å². The van der Waals surface area contributed by atoms with Crippen LogP contribution in [-0.4, -0.2) is 30.3 Å². The van der Waals surface area contributed by atoms with Crippen LogP contribution in [0, 0.1) is 12.7 Å². The fourth-order valence-electron chi connectivity index (χ4n) is 1.65. The molecule has 1 amide bonds. The van der Waals surface area contributed by atoms with Gasteiger partial charge < -0.3 is 15.2 Å². The Morgan fingerprint density at radius 3 is 2.95 bits per heavy atom. The van der Waals surface area contributed by atoms with Gasteiger partial charge in [-0.25, -0.2) is 4.39 Å². The topological polar surface area (TPSA) is 58.6 Å². The third kappa shape index (κ3) is 5.70. The van der Waals surface area contributed by atoms with Gasteiger partial charge in [-0.15, -0.1) is 0 Å². The molecule has 1 unspecified atom stereocenters. The molecule has 2 N–H and O–H groups in total. The Morgan fingerprint density at radius 1 is 1.53 bits per heavy atom. The Morgan fingerprint density at radius 2 is 2.26 bits per heavy atom. The van der Waals surface area contributed by atoms with Crippen LogP contribution in [0.25, 0.3) is 0 Å². The van der Waals surface area contributed by atoms with E-state index in [1.807, 2.05) is 13.8 Å². The van der Waals surface area contributed by atoms with Crippen molar-refractivity contribution in [3.63, 3.8) is 0 Å². The fourth-order valence-corrected chi connectivity index (χ4v) is 1.65. The summed E-state index contributed by atoms with van der Waals surface area (Å²) in [5, 5.41) is 11.4. The lowest BCUT2D eigenvalue weighted by Gasteiger charge is -2.14. The summed E-state index contributed by atoms with van der Waals surface area (Å²) >= 11 is 0. The summed E-state index contributed by atoms with van der Waals surface area (Å²) in [5.41, 5.74) is 0.869. The molecule has 1 aromatic carbocycles. The molecule has 0 saturated heterocycles. The van der Waals surface area contributed by atoms with E-state index in [1.165, 1.54) is 6.07 Å². The predicted molar refractivity (Wildman–Crippen MR) is 70.6 cm³/mol. The summed E-state index contributed by atoms with van der Waals surface area (Å²) in [6.45, 7) is 3.55. The van der Waals surface area contributed by atoms with Gasteiger partial charge in [-0.05, 0) is 44.4 Å². The van der Waals surface area contributed by atoms with Crippen molar-refractivity contribution in [3.05, 3.63) is 29.6 Å². The first-order valence-corrected chi connectivity index (χ1v) is 6.32. The molecule has 1 atom stereocenters. The number of hydrogen-bond donors (Lipinski definition) is 2. The second-order valence-electron chi connectivity index (χ2n) is 4.56. The lowest BCUT2D eigenvalue weighted by Crippen LogP contribution is -2.36. The fraction of sp³-hybridized carbons (Fsp3) is 0.500. The molecule has 0 aromatic heterocycles. The highest BCUT2D eigenvalue weighted by Crippen LogP contribution is 2.18. The van der Waals surface area contributed by atoms with Crippen LogP contribution in [0.5, 0.6) is 5.75 Å². The number of aliphatic hydroxyl groups excluding tert-OH is 1. The third-order valence-electron chi connectivity index (χ3n) is 2.65. The lowest BCUT2D eigenvalue weighted by atomic mass is 10.2. The van der Waals surface area contributed by atoms with Gasteiger partial charge in [0.2, 0.25) is 0 Å². The van der Waals surface area contributed by atoms with Crippen molar-refractivity contribution < 1.29 is 19.0 Å². The first kappa shape index (κ1) is 15.4. The summed E-state index contributed by atoms with van der Waals surface area (Å²) < 4.78 is 18.5. The number of amides is 1. The molecule has 0 fully saturated rings. The van der Waals surface area contributed by atoms with E-state index in [0.29, 0.717) is 12.8 Å². The number of rotatable bonds is 7. The molecular formula is C14H20FNO3. The monoisotopic (exact) mass is 269 g/mol. The summed E-state index contributed by atoms with van der Waals surface area (Å²) in [4.78, 5) is 11.6. The van der Waals surface area contributed by atoms with Crippen molar-refractivity contribution in [2.24, 2.45) is 0 Å². The maximum atomic E-state index is 13.4. The van der Waals surface area contributed by atoms with Gasteiger partial charge in [-0.1, -0.05) is 6.07 Å². The number of nitrogens with one attached hydrogen (secondary N) is 1. The number of hydrogen-bond acceptors (Lipinski definition) is 3. The van der Waals surface area contributed by atoms with Crippen LogP contribution < -0.4 is 10.1 Å². The van der Waals surface area contributed by atoms with E-state index in [9.17, 15) is 9.18 Å². The molecule has 1 aromatic rings. The Kier molecular flexibility index (Phi) is 6.29. The molecule has 0 radical (unpaired) electrons. The predicted octanol–water partition coefficient (Wildman–Crippen LogP) is 1.79. The smallest absolute Gasteiger partial charge is 0.258 e. The molecular weight excluding hydrogens is 249 g/mol. The average molecular weight is 269 g/mol. The zero-order chi connectivity index (χ0) is 14.3. The minimum atomic E-state index is -0.480. The molecule has 0 saturated carbocycles. The van der Waals surface area contributed by atoms with E-state index in [1.54, 1.807) is 12.1 Å². The standard InChI is InChI=1S/C14H20FNO3/c1-10-5-6-12(15)13(8-10)19-9-14(18)16-11(2)4-3-7-17/h5-6,8,11,17H,3-4,7,9H2,1-2H3,(H,16,18). The van der Waals surface area contributed by atoms with Crippen LogP contribution >= 0.6 is 0 Å². The van der Waals surface area contributed by atoms with Gasteiger partial charge in [0.25, 0.3) is 5.91 Å². The number of carbonyl (C=O) groups is 1. The number of aryl methyl sites for hydroxylation is 1. The Balaban J connectivity index is 2.39. The van der Waals surface area contributed by atoms with E-state index in [0.717, 1.165) is 5.56 Å². The van der Waals surface area contributed by atoms with Gasteiger partial charge in [-0.3, -0.25) is 4.79 Å². The van der Waals surface area contributed by atoms with Crippen molar-refractivity contribution in [2.45, 2.75) is 32.7 Å². The maximum absolute atomic E-state index is 13.4. The van der Waals surface area contributed by atoms with Gasteiger partial charge in [0, 0.05) is 12.6 Å². The molecule has 5 heteroatoms. The van der Waals surface area contributed by atoms with Gasteiger partial charge in [0.15, 0.2) is 18.2 Å². The SMILES string of the molecule is Cc1ccc(F)c(OCC(=O)NC(C)CCCO)c1. The molecule has 1 rings (SSSR count). The lowest BCUT2D eigenvalue weighted by molar-refractivity contribution is -0.123. The van der Waals surface area contributed by atoms with E-state index in [-0.39, 0.29) is 30.9 Å².